The fourth-order valence-electron chi connectivity index (χ4n) is 2.51. The summed E-state index contributed by atoms with van der Waals surface area (Å²) in [6.07, 6.45) is 2.98. The summed E-state index contributed by atoms with van der Waals surface area (Å²) in [4.78, 5) is 12.0. The number of hydrogen-bond donors (Lipinski definition) is 1. The Bertz CT molecular complexity index is 615. The van der Waals surface area contributed by atoms with Gasteiger partial charge in [0.05, 0.1) is 27.9 Å². The Morgan fingerprint density at radius 2 is 1.88 bits per heavy atom. The monoisotopic (exact) mass is 351 g/mol. The van der Waals surface area contributed by atoms with Crippen LogP contribution in [0.3, 0.4) is 0 Å². The molecule has 1 N–H and O–H groups in total. The molecule has 1 heterocycles. The number of hydrogen-bond acceptors (Lipinski definition) is 6. The van der Waals surface area contributed by atoms with Crippen LogP contribution in [0.5, 0.6) is 17.2 Å². The zero-order chi connectivity index (χ0) is 18.4. The molecule has 1 aliphatic rings. The van der Waals surface area contributed by atoms with Crippen LogP contribution in [0.2, 0.25) is 0 Å². The van der Waals surface area contributed by atoms with E-state index in [0.717, 1.165) is 5.56 Å². The lowest BCUT2D eigenvalue weighted by Gasteiger charge is -2.17. The second-order valence-corrected chi connectivity index (χ2v) is 5.99. The lowest BCUT2D eigenvalue weighted by atomic mass is 10.1. The Kier molecular flexibility index (Phi) is 6.27. The SMILES string of the molecule is COc1cc(/C=C/C(=O)NCC2COC(C)(C)O2)cc(OC)c1OC. The standard InChI is InChI=1S/C18H25NO6/c1-18(2)24-11-13(25-18)10-19-16(20)7-6-12-8-14(21-3)17(23-5)15(9-12)22-4/h6-9,13H,10-11H2,1-5H3,(H,19,20)/b7-6+. The van der Waals surface area contributed by atoms with E-state index in [1.54, 1.807) is 39.5 Å². The number of carbonyl (C=O) groups excluding carboxylic acids is 1. The predicted octanol–water partition coefficient (Wildman–Crippen LogP) is 1.99. The Hall–Kier alpha value is -2.25. The number of rotatable bonds is 7. The van der Waals surface area contributed by atoms with Crippen LogP contribution in [0.15, 0.2) is 18.2 Å². The molecule has 25 heavy (non-hydrogen) atoms. The first-order valence-corrected chi connectivity index (χ1v) is 7.96. The van der Waals surface area contributed by atoms with Crippen LogP contribution >= 0.6 is 0 Å². The molecule has 0 spiro atoms. The van der Waals surface area contributed by atoms with Crippen LogP contribution in [0.25, 0.3) is 6.08 Å². The van der Waals surface area contributed by atoms with Crippen LogP contribution in [0, 0.1) is 0 Å². The van der Waals surface area contributed by atoms with Gasteiger partial charge < -0.3 is 29.0 Å². The Morgan fingerprint density at radius 1 is 1.24 bits per heavy atom. The lowest BCUT2D eigenvalue weighted by Crippen LogP contribution is -2.33. The molecule has 1 amide bonds. The van der Waals surface area contributed by atoms with Gasteiger partial charge in [0.2, 0.25) is 11.7 Å². The van der Waals surface area contributed by atoms with Gasteiger partial charge in [-0.15, -0.1) is 0 Å². The zero-order valence-electron chi connectivity index (χ0n) is 15.3. The van der Waals surface area contributed by atoms with E-state index in [1.165, 1.54) is 6.08 Å². The van der Waals surface area contributed by atoms with Gasteiger partial charge in [0.25, 0.3) is 0 Å². The summed E-state index contributed by atoms with van der Waals surface area (Å²) in [5.41, 5.74) is 0.756. The van der Waals surface area contributed by atoms with Crippen molar-refractivity contribution in [3.05, 3.63) is 23.8 Å². The van der Waals surface area contributed by atoms with Gasteiger partial charge in [-0.05, 0) is 37.6 Å². The van der Waals surface area contributed by atoms with Crippen molar-refractivity contribution in [1.29, 1.82) is 0 Å². The van der Waals surface area contributed by atoms with Crippen molar-refractivity contribution >= 4 is 12.0 Å². The van der Waals surface area contributed by atoms with Crippen molar-refractivity contribution in [2.75, 3.05) is 34.5 Å². The highest BCUT2D eigenvalue weighted by Gasteiger charge is 2.32. The fraction of sp³-hybridized carbons (Fsp3) is 0.500. The molecule has 1 fully saturated rings. The van der Waals surface area contributed by atoms with E-state index in [4.69, 9.17) is 23.7 Å². The summed E-state index contributed by atoms with van der Waals surface area (Å²) in [7, 11) is 4.63. The first-order chi connectivity index (χ1) is 11.9. The summed E-state index contributed by atoms with van der Waals surface area (Å²) in [6.45, 7) is 4.55. The number of nitrogens with one attached hydrogen (secondary N) is 1. The van der Waals surface area contributed by atoms with Gasteiger partial charge in [0, 0.05) is 12.6 Å². The van der Waals surface area contributed by atoms with E-state index in [-0.39, 0.29) is 12.0 Å². The molecule has 0 bridgehead atoms. The van der Waals surface area contributed by atoms with E-state index < -0.39 is 5.79 Å². The molecule has 7 nitrogen and oxygen atoms in total. The first-order valence-electron chi connectivity index (χ1n) is 7.96. The molecule has 0 radical (unpaired) electrons. The van der Waals surface area contributed by atoms with E-state index in [0.29, 0.717) is 30.4 Å². The summed E-state index contributed by atoms with van der Waals surface area (Å²) < 4.78 is 26.9. The van der Waals surface area contributed by atoms with Gasteiger partial charge in [-0.1, -0.05) is 0 Å². The molecule has 1 atom stereocenters. The average molecular weight is 351 g/mol. The maximum atomic E-state index is 12.0. The van der Waals surface area contributed by atoms with Crippen LogP contribution in [0.4, 0.5) is 0 Å². The maximum Gasteiger partial charge on any atom is 0.244 e. The van der Waals surface area contributed by atoms with Crippen LogP contribution in [0.1, 0.15) is 19.4 Å². The number of carbonyl (C=O) groups is 1. The van der Waals surface area contributed by atoms with Gasteiger partial charge in [0.15, 0.2) is 17.3 Å². The maximum absolute atomic E-state index is 12.0. The molecule has 7 heteroatoms. The van der Waals surface area contributed by atoms with E-state index >= 15 is 0 Å². The largest absolute Gasteiger partial charge is 0.493 e. The van der Waals surface area contributed by atoms with Gasteiger partial charge in [-0.2, -0.15) is 0 Å². The summed E-state index contributed by atoms with van der Waals surface area (Å²) in [6, 6.07) is 3.53. The molecule has 138 valence electrons. The molecule has 2 rings (SSSR count). The highest BCUT2D eigenvalue weighted by molar-refractivity contribution is 5.91. The Balaban J connectivity index is 1.97. The number of ether oxygens (including phenoxy) is 5. The zero-order valence-corrected chi connectivity index (χ0v) is 15.3. The van der Waals surface area contributed by atoms with Crippen LogP contribution in [-0.4, -0.2) is 52.3 Å². The highest BCUT2D eigenvalue weighted by atomic mass is 16.7. The van der Waals surface area contributed by atoms with Crippen molar-refractivity contribution in [3.63, 3.8) is 0 Å². The van der Waals surface area contributed by atoms with Crippen LogP contribution < -0.4 is 19.5 Å². The molecule has 1 aromatic carbocycles. The third-order valence-corrected chi connectivity index (χ3v) is 3.69. The number of methoxy groups -OCH3 is 3. The predicted molar refractivity (Wildman–Crippen MR) is 93.0 cm³/mol. The third kappa shape index (κ3) is 5.11. The molecule has 0 saturated carbocycles. The summed E-state index contributed by atoms with van der Waals surface area (Å²) in [5, 5.41) is 2.79. The highest BCUT2D eigenvalue weighted by Crippen LogP contribution is 2.38. The van der Waals surface area contributed by atoms with Crippen molar-refractivity contribution in [2.45, 2.75) is 25.7 Å². The average Bonchev–Trinajstić information content (AvgIpc) is 2.95. The normalized spacial score (nSPS) is 19.0. The molecule has 0 aromatic heterocycles. The fourth-order valence-corrected chi connectivity index (χ4v) is 2.51. The van der Waals surface area contributed by atoms with Crippen molar-refractivity contribution in [3.8, 4) is 17.2 Å². The minimum absolute atomic E-state index is 0.145. The molecule has 1 unspecified atom stereocenters. The van der Waals surface area contributed by atoms with Gasteiger partial charge in [0.1, 0.15) is 6.10 Å². The van der Waals surface area contributed by atoms with E-state index in [1.807, 2.05) is 13.8 Å². The summed E-state index contributed by atoms with van der Waals surface area (Å²) >= 11 is 0. The second-order valence-electron chi connectivity index (χ2n) is 5.99. The molecular weight excluding hydrogens is 326 g/mol. The van der Waals surface area contributed by atoms with Crippen molar-refractivity contribution < 1.29 is 28.5 Å². The van der Waals surface area contributed by atoms with Crippen molar-refractivity contribution in [1.82, 2.24) is 5.32 Å². The molecule has 1 saturated heterocycles. The Labute approximate surface area is 147 Å². The molecule has 1 aromatic rings. The molecule has 1 aliphatic heterocycles. The molecule has 0 aliphatic carbocycles. The third-order valence-electron chi connectivity index (χ3n) is 3.69. The topological polar surface area (TPSA) is 75.3 Å². The van der Waals surface area contributed by atoms with E-state index in [2.05, 4.69) is 5.32 Å². The van der Waals surface area contributed by atoms with Gasteiger partial charge in [-0.25, -0.2) is 0 Å². The van der Waals surface area contributed by atoms with Crippen LogP contribution in [-0.2, 0) is 14.3 Å². The minimum Gasteiger partial charge on any atom is -0.493 e. The first kappa shape index (κ1) is 19.1. The number of amides is 1. The van der Waals surface area contributed by atoms with Gasteiger partial charge >= 0.3 is 0 Å². The van der Waals surface area contributed by atoms with Crippen molar-refractivity contribution in [2.24, 2.45) is 0 Å². The van der Waals surface area contributed by atoms with Gasteiger partial charge in [-0.3, -0.25) is 4.79 Å². The Morgan fingerprint density at radius 3 is 2.36 bits per heavy atom. The summed E-state index contributed by atoms with van der Waals surface area (Å²) in [5.74, 6) is 0.748. The quantitative estimate of drug-likeness (QED) is 0.757. The second kappa shape index (κ2) is 8.22. The smallest absolute Gasteiger partial charge is 0.244 e. The number of benzene rings is 1. The van der Waals surface area contributed by atoms with E-state index in [9.17, 15) is 4.79 Å². The lowest BCUT2D eigenvalue weighted by molar-refractivity contribution is -0.139. The molecular formula is C18H25NO6. The minimum atomic E-state index is -0.596.